The lowest BCUT2D eigenvalue weighted by molar-refractivity contribution is 0.0726. The Kier molecular flexibility index (Phi) is 4.66. The van der Waals surface area contributed by atoms with Gasteiger partial charge in [0, 0.05) is 36.9 Å². The number of rotatable bonds is 4. The van der Waals surface area contributed by atoms with Crippen LogP contribution in [0.4, 0.5) is 15.9 Å². The lowest BCUT2D eigenvalue weighted by Crippen LogP contribution is -2.35. The molecule has 0 bridgehead atoms. The number of hydrogen-bond acceptors (Lipinski definition) is 4. The van der Waals surface area contributed by atoms with E-state index < -0.39 is 0 Å². The van der Waals surface area contributed by atoms with Crippen LogP contribution in [0.2, 0.25) is 0 Å². The van der Waals surface area contributed by atoms with Crippen molar-refractivity contribution in [2.24, 2.45) is 0 Å². The van der Waals surface area contributed by atoms with E-state index in [1.807, 2.05) is 11.0 Å². The highest BCUT2D eigenvalue weighted by molar-refractivity contribution is 6.08. The summed E-state index contributed by atoms with van der Waals surface area (Å²) >= 11 is 0. The molecule has 2 aromatic heterocycles. The number of H-pyrrole nitrogens is 1. The zero-order valence-electron chi connectivity index (χ0n) is 15.1. The van der Waals surface area contributed by atoms with Crippen molar-refractivity contribution in [2.45, 2.75) is 19.3 Å². The van der Waals surface area contributed by atoms with E-state index in [-0.39, 0.29) is 11.7 Å². The highest BCUT2D eigenvalue weighted by Crippen LogP contribution is 2.32. The SMILES string of the molecule is COc1ccc(F)cc1Nc1ncc(C(=O)N2CCCCC2)c2[nH]ccc12. The van der Waals surface area contributed by atoms with Gasteiger partial charge in [-0.25, -0.2) is 9.37 Å². The minimum Gasteiger partial charge on any atom is -0.495 e. The predicted molar refractivity (Wildman–Crippen MR) is 102 cm³/mol. The molecule has 1 aliphatic heterocycles. The summed E-state index contributed by atoms with van der Waals surface area (Å²) in [5.41, 5.74) is 1.75. The molecule has 0 radical (unpaired) electrons. The van der Waals surface area contributed by atoms with Crippen LogP contribution in [-0.2, 0) is 0 Å². The van der Waals surface area contributed by atoms with Crippen LogP contribution in [0.15, 0.2) is 36.7 Å². The number of aromatic amines is 1. The number of ether oxygens (including phenoxy) is 1. The normalized spacial score (nSPS) is 14.4. The molecular formula is C20H21FN4O2. The maximum absolute atomic E-state index is 13.6. The Hall–Kier alpha value is -3.09. The van der Waals surface area contributed by atoms with Gasteiger partial charge in [-0.1, -0.05) is 0 Å². The number of nitrogens with zero attached hydrogens (tertiary/aromatic N) is 2. The number of anilines is 2. The molecule has 0 unspecified atom stereocenters. The zero-order valence-corrected chi connectivity index (χ0v) is 15.1. The Morgan fingerprint density at radius 3 is 2.85 bits per heavy atom. The number of aromatic nitrogens is 2. The fourth-order valence-electron chi connectivity index (χ4n) is 3.49. The van der Waals surface area contributed by atoms with Crippen LogP contribution in [0.1, 0.15) is 29.6 Å². The number of fused-ring (bicyclic) bond motifs is 1. The van der Waals surface area contributed by atoms with Gasteiger partial charge in [-0.3, -0.25) is 4.79 Å². The summed E-state index contributed by atoms with van der Waals surface area (Å²) in [5, 5.41) is 3.89. The first-order valence-electron chi connectivity index (χ1n) is 9.03. The smallest absolute Gasteiger partial charge is 0.257 e. The average molecular weight is 368 g/mol. The van der Waals surface area contributed by atoms with Crippen LogP contribution < -0.4 is 10.1 Å². The van der Waals surface area contributed by atoms with Crippen LogP contribution in [-0.4, -0.2) is 41.0 Å². The summed E-state index contributed by atoms with van der Waals surface area (Å²) in [6.07, 6.45) is 6.58. The molecule has 1 saturated heterocycles. The molecule has 4 rings (SSSR count). The van der Waals surface area contributed by atoms with Crippen molar-refractivity contribution >= 4 is 28.3 Å². The van der Waals surface area contributed by atoms with Crippen LogP contribution >= 0.6 is 0 Å². The molecule has 3 aromatic rings. The van der Waals surface area contributed by atoms with Gasteiger partial charge in [0.1, 0.15) is 17.4 Å². The van der Waals surface area contributed by atoms with Gasteiger partial charge in [0.05, 0.1) is 23.9 Å². The third kappa shape index (κ3) is 3.32. The standard InChI is InChI=1S/C20H21FN4O2/c1-27-17-6-5-13(21)11-16(17)24-19-14-7-8-22-18(14)15(12-23-19)20(26)25-9-3-2-4-10-25/h5-8,11-12,22H,2-4,9-10H2,1H3,(H,23,24). The fraction of sp³-hybridized carbons (Fsp3) is 0.300. The monoisotopic (exact) mass is 368 g/mol. The second-order valence-electron chi connectivity index (χ2n) is 6.61. The van der Waals surface area contributed by atoms with Gasteiger partial charge in [-0.05, 0) is 37.5 Å². The molecule has 7 heteroatoms. The Balaban J connectivity index is 1.69. The van der Waals surface area contributed by atoms with Crippen molar-refractivity contribution < 1.29 is 13.9 Å². The first-order chi connectivity index (χ1) is 13.2. The summed E-state index contributed by atoms with van der Waals surface area (Å²) in [5.74, 6) is 0.658. The highest BCUT2D eigenvalue weighted by Gasteiger charge is 2.22. The van der Waals surface area contributed by atoms with E-state index in [4.69, 9.17) is 4.74 Å². The Labute approximate surface area is 156 Å². The lowest BCUT2D eigenvalue weighted by atomic mass is 10.1. The zero-order chi connectivity index (χ0) is 18.8. The Bertz CT molecular complexity index is 979. The molecule has 3 heterocycles. The number of methoxy groups -OCH3 is 1. The predicted octanol–water partition coefficient (Wildman–Crippen LogP) is 4.08. The van der Waals surface area contributed by atoms with Crippen molar-refractivity contribution in [3.05, 3.63) is 48.0 Å². The van der Waals surface area contributed by atoms with Crippen LogP contribution in [0.5, 0.6) is 5.75 Å². The van der Waals surface area contributed by atoms with Crippen molar-refractivity contribution in [2.75, 3.05) is 25.5 Å². The minimum absolute atomic E-state index is 0.00969. The summed E-state index contributed by atoms with van der Waals surface area (Å²) in [6.45, 7) is 1.56. The number of carbonyl (C=O) groups is 1. The fourth-order valence-corrected chi connectivity index (χ4v) is 3.49. The molecule has 2 N–H and O–H groups in total. The molecule has 1 aliphatic rings. The van der Waals surface area contributed by atoms with Crippen molar-refractivity contribution in [1.29, 1.82) is 0 Å². The Morgan fingerprint density at radius 2 is 2.07 bits per heavy atom. The maximum Gasteiger partial charge on any atom is 0.257 e. The van der Waals surface area contributed by atoms with Crippen LogP contribution in [0.3, 0.4) is 0 Å². The average Bonchev–Trinajstić information content (AvgIpc) is 3.19. The first-order valence-corrected chi connectivity index (χ1v) is 9.03. The first kappa shape index (κ1) is 17.3. The van der Waals surface area contributed by atoms with Gasteiger partial charge in [0.15, 0.2) is 0 Å². The van der Waals surface area contributed by atoms with Gasteiger partial charge >= 0.3 is 0 Å². The quantitative estimate of drug-likeness (QED) is 0.728. The molecule has 6 nitrogen and oxygen atoms in total. The minimum atomic E-state index is -0.375. The van der Waals surface area contributed by atoms with Crippen molar-refractivity contribution in [3.8, 4) is 5.75 Å². The number of amides is 1. The molecule has 1 amide bonds. The highest BCUT2D eigenvalue weighted by atomic mass is 19.1. The number of carbonyl (C=O) groups excluding carboxylic acids is 1. The molecule has 27 heavy (non-hydrogen) atoms. The number of halogens is 1. The molecule has 0 atom stereocenters. The number of likely N-dealkylation sites (tertiary alicyclic amines) is 1. The van der Waals surface area contributed by atoms with E-state index >= 15 is 0 Å². The number of nitrogens with one attached hydrogen (secondary N) is 2. The number of hydrogen-bond donors (Lipinski definition) is 2. The number of pyridine rings is 1. The summed E-state index contributed by atoms with van der Waals surface area (Å²) in [7, 11) is 1.53. The number of piperidine rings is 1. The van der Waals surface area contributed by atoms with Crippen LogP contribution in [0, 0.1) is 5.82 Å². The second-order valence-corrected chi connectivity index (χ2v) is 6.61. The number of benzene rings is 1. The van der Waals surface area contributed by atoms with Crippen molar-refractivity contribution in [1.82, 2.24) is 14.9 Å². The van der Waals surface area contributed by atoms with E-state index in [1.54, 1.807) is 18.5 Å². The van der Waals surface area contributed by atoms with Gasteiger partial charge in [-0.15, -0.1) is 0 Å². The molecule has 0 saturated carbocycles. The molecular weight excluding hydrogens is 347 g/mol. The van der Waals surface area contributed by atoms with Crippen molar-refractivity contribution in [3.63, 3.8) is 0 Å². The molecule has 1 fully saturated rings. The summed E-state index contributed by atoms with van der Waals surface area (Å²) in [6, 6.07) is 6.10. The maximum atomic E-state index is 13.6. The van der Waals surface area contributed by atoms with Gasteiger partial charge in [0.25, 0.3) is 5.91 Å². The lowest BCUT2D eigenvalue weighted by Gasteiger charge is -2.26. The van der Waals surface area contributed by atoms with Gasteiger partial charge in [-0.2, -0.15) is 0 Å². The Morgan fingerprint density at radius 1 is 1.26 bits per heavy atom. The van der Waals surface area contributed by atoms with E-state index in [0.717, 1.165) is 43.3 Å². The van der Waals surface area contributed by atoms with Gasteiger partial charge < -0.3 is 19.9 Å². The molecule has 0 spiro atoms. The third-order valence-electron chi connectivity index (χ3n) is 4.88. The molecule has 1 aromatic carbocycles. The van der Waals surface area contributed by atoms with E-state index in [1.165, 1.54) is 19.2 Å². The summed E-state index contributed by atoms with van der Waals surface area (Å²) < 4.78 is 18.9. The van der Waals surface area contributed by atoms with Crippen LogP contribution in [0.25, 0.3) is 10.9 Å². The largest absolute Gasteiger partial charge is 0.495 e. The van der Waals surface area contributed by atoms with Gasteiger partial charge in [0.2, 0.25) is 0 Å². The van der Waals surface area contributed by atoms with E-state index in [9.17, 15) is 9.18 Å². The third-order valence-corrected chi connectivity index (χ3v) is 4.88. The summed E-state index contributed by atoms with van der Waals surface area (Å²) in [4.78, 5) is 22.4. The molecule has 0 aliphatic carbocycles. The topological polar surface area (TPSA) is 70.2 Å². The molecule has 140 valence electrons. The van der Waals surface area contributed by atoms with E-state index in [0.29, 0.717) is 22.8 Å². The van der Waals surface area contributed by atoms with E-state index in [2.05, 4.69) is 15.3 Å². The second kappa shape index (κ2) is 7.26.